The van der Waals surface area contributed by atoms with Crippen LogP contribution in [0.25, 0.3) is 11.1 Å². The van der Waals surface area contributed by atoms with Crippen LogP contribution in [0, 0.1) is 11.7 Å². The van der Waals surface area contributed by atoms with Gasteiger partial charge in [-0.1, -0.05) is 37.8 Å². The van der Waals surface area contributed by atoms with Gasteiger partial charge in [-0.25, -0.2) is 14.4 Å². The summed E-state index contributed by atoms with van der Waals surface area (Å²) in [6.45, 7) is 1.51. The average molecular weight is 427 g/mol. The van der Waals surface area contributed by atoms with Crippen LogP contribution >= 0.6 is 0 Å². The van der Waals surface area contributed by atoms with Gasteiger partial charge in [0.1, 0.15) is 11.9 Å². The van der Waals surface area contributed by atoms with Crippen LogP contribution in [0.4, 0.5) is 10.3 Å². The summed E-state index contributed by atoms with van der Waals surface area (Å²) in [4.78, 5) is 25.8. The zero-order chi connectivity index (χ0) is 21.8. The van der Waals surface area contributed by atoms with E-state index >= 15 is 0 Å². The fourth-order valence-corrected chi connectivity index (χ4v) is 4.55. The number of carbonyl (C=O) groups is 1. The quantitative estimate of drug-likeness (QED) is 0.692. The van der Waals surface area contributed by atoms with Crippen molar-refractivity contribution in [3.05, 3.63) is 42.0 Å². The van der Waals surface area contributed by atoms with E-state index in [0.29, 0.717) is 49.2 Å². The Bertz CT molecular complexity index is 914. The largest absolute Gasteiger partial charge is 0.368 e. The van der Waals surface area contributed by atoms with Crippen molar-refractivity contribution in [1.29, 1.82) is 0 Å². The summed E-state index contributed by atoms with van der Waals surface area (Å²) in [5.74, 6) is 1.14. The van der Waals surface area contributed by atoms with E-state index in [9.17, 15) is 9.18 Å². The van der Waals surface area contributed by atoms with Gasteiger partial charge in [-0.2, -0.15) is 0 Å². The Hall–Kier alpha value is -2.54. The fourth-order valence-electron chi connectivity index (χ4n) is 4.55. The maximum atomic E-state index is 13.9. The molecule has 1 atom stereocenters. The van der Waals surface area contributed by atoms with E-state index in [1.54, 1.807) is 12.3 Å². The second-order valence-corrected chi connectivity index (χ2v) is 8.76. The molecule has 1 amide bonds. The van der Waals surface area contributed by atoms with Gasteiger partial charge < -0.3 is 14.5 Å². The number of halogens is 1. The minimum Gasteiger partial charge on any atom is -0.368 e. The normalized spacial score (nSPS) is 19.6. The fraction of sp³-hybridized carbons (Fsp3) is 0.542. The number of benzene rings is 1. The Morgan fingerprint density at radius 1 is 1.29 bits per heavy atom. The van der Waals surface area contributed by atoms with E-state index < -0.39 is 0 Å². The molecular formula is C24H31FN4O2. The molecule has 0 N–H and O–H groups in total. The van der Waals surface area contributed by atoms with Gasteiger partial charge in [0.05, 0.1) is 18.8 Å². The molecule has 2 heterocycles. The number of hydrogen-bond donors (Lipinski definition) is 0. The number of morpholine rings is 1. The monoisotopic (exact) mass is 426 g/mol. The molecule has 4 rings (SSSR count). The van der Waals surface area contributed by atoms with Crippen molar-refractivity contribution in [2.45, 2.75) is 44.6 Å². The summed E-state index contributed by atoms with van der Waals surface area (Å²) in [5.41, 5.74) is 2.13. The van der Waals surface area contributed by atoms with Crippen molar-refractivity contribution in [1.82, 2.24) is 14.9 Å². The van der Waals surface area contributed by atoms with Gasteiger partial charge in [0.2, 0.25) is 11.9 Å². The standard InChI is InChI=1S/C24H31FN4O2/c1-28(2)24-26-15-20(18-8-5-9-19(25)14-18)23(27-24)21-16-29(12-13-31-21)22(30)11-10-17-6-3-4-7-17/h5,8-9,14-15,17,21H,3-4,6-7,10-13,16H2,1-2H3/t21-/m1/s1. The van der Waals surface area contributed by atoms with Crippen LogP contribution in [-0.2, 0) is 9.53 Å². The average Bonchev–Trinajstić information content (AvgIpc) is 3.31. The molecule has 7 heteroatoms. The van der Waals surface area contributed by atoms with Crippen molar-refractivity contribution in [3.8, 4) is 11.1 Å². The van der Waals surface area contributed by atoms with Crippen LogP contribution in [-0.4, -0.2) is 54.6 Å². The van der Waals surface area contributed by atoms with E-state index in [1.165, 1.54) is 37.8 Å². The molecule has 0 spiro atoms. The van der Waals surface area contributed by atoms with E-state index in [1.807, 2.05) is 30.0 Å². The minimum absolute atomic E-state index is 0.189. The van der Waals surface area contributed by atoms with Crippen LogP contribution in [0.5, 0.6) is 0 Å². The first kappa shape index (κ1) is 21.7. The Labute approximate surface area is 183 Å². The zero-order valence-electron chi connectivity index (χ0n) is 18.4. The van der Waals surface area contributed by atoms with Gasteiger partial charge in [0.25, 0.3) is 0 Å². The lowest BCUT2D eigenvalue weighted by Gasteiger charge is -2.34. The Morgan fingerprint density at radius 3 is 2.84 bits per heavy atom. The first-order valence-corrected chi connectivity index (χ1v) is 11.2. The highest BCUT2D eigenvalue weighted by molar-refractivity contribution is 5.76. The minimum atomic E-state index is -0.371. The molecule has 1 aromatic carbocycles. The number of anilines is 1. The predicted octanol–water partition coefficient (Wildman–Crippen LogP) is 4.22. The Balaban J connectivity index is 1.55. The summed E-state index contributed by atoms with van der Waals surface area (Å²) in [7, 11) is 3.75. The third kappa shape index (κ3) is 5.21. The molecule has 6 nitrogen and oxygen atoms in total. The maximum absolute atomic E-state index is 13.9. The highest BCUT2D eigenvalue weighted by Crippen LogP contribution is 2.33. The third-order valence-electron chi connectivity index (χ3n) is 6.31. The highest BCUT2D eigenvalue weighted by Gasteiger charge is 2.29. The molecule has 1 aliphatic carbocycles. The molecule has 166 valence electrons. The first-order valence-electron chi connectivity index (χ1n) is 11.2. The van der Waals surface area contributed by atoms with E-state index in [4.69, 9.17) is 9.72 Å². The molecule has 1 aliphatic heterocycles. The molecule has 2 aromatic rings. The molecule has 0 bridgehead atoms. The number of hydrogen-bond acceptors (Lipinski definition) is 5. The lowest BCUT2D eigenvalue weighted by atomic mass is 10.00. The van der Waals surface area contributed by atoms with Gasteiger partial charge in [-0.3, -0.25) is 4.79 Å². The third-order valence-corrected chi connectivity index (χ3v) is 6.31. The summed E-state index contributed by atoms with van der Waals surface area (Å²) < 4.78 is 19.9. The van der Waals surface area contributed by atoms with Gasteiger partial charge in [0.15, 0.2) is 0 Å². The molecule has 1 saturated carbocycles. The van der Waals surface area contributed by atoms with Crippen molar-refractivity contribution < 1.29 is 13.9 Å². The predicted molar refractivity (Wildman–Crippen MR) is 118 cm³/mol. The SMILES string of the molecule is CN(C)c1ncc(-c2cccc(F)c2)c([C@H]2CN(C(=O)CCC3CCCC3)CCO2)n1. The molecule has 1 aromatic heterocycles. The van der Waals surface area contributed by atoms with Crippen LogP contribution in [0.15, 0.2) is 30.5 Å². The number of carbonyl (C=O) groups excluding carboxylic acids is 1. The topological polar surface area (TPSA) is 58.6 Å². The molecular weight excluding hydrogens is 395 g/mol. The second kappa shape index (κ2) is 9.73. The van der Waals surface area contributed by atoms with Gasteiger partial charge in [0, 0.05) is 38.8 Å². The number of rotatable bonds is 6. The number of amides is 1. The zero-order valence-corrected chi connectivity index (χ0v) is 18.4. The van der Waals surface area contributed by atoms with Gasteiger partial charge in [-0.15, -0.1) is 0 Å². The molecule has 31 heavy (non-hydrogen) atoms. The van der Waals surface area contributed by atoms with Gasteiger partial charge in [-0.05, 0) is 30.0 Å². The lowest BCUT2D eigenvalue weighted by Crippen LogP contribution is -2.42. The van der Waals surface area contributed by atoms with Crippen LogP contribution in [0.2, 0.25) is 0 Å². The number of aromatic nitrogens is 2. The van der Waals surface area contributed by atoms with Crippen molar-refractivity contribution in [3.63, 3.8) is 0 Å². The van der Waals surface area contributed by atoms with Gasteiger partial charge >= 0.3 is 0 Å². The number of ether oxygens (including phenoxy) is 1. The highest BCUT2D eigenvalue weighted by atomic mass is 19.1. The van der Waals surface area contributed by atoms with Crippen molar-refractivity contribution in [2.75, 3.05) is 38.7 Å². The molecule has 2 fully saturated rings. The lowest BCUT2D eigenvalue weighted by molar-refractivity contribution is -0.139. The van der Waals surface area contributed by atoms with Crippen LogP contribution in [0.3, 0.4) is 0 Å². The first-order chi connectivity index (χ1) is 15.0. The van der Waals surface area contributed by atoms with E-state index in [2.05, 4.69) is 4.98 Å². The number of nitrogens with zero attached hydrogens (tertiary/aromatic N) is 4. The van der Waals surface area contributed by atoms with Crippen molar-refractivity contribution >= 4 is 11.9 Å². The molecule has 0 unspecified atom stereocenters. The summed E-state index contributed by atoms with van der Waals surface area (Å²) >= 11 is 0. The Kier molecular flexibility index (Phi) is 6.80. The maximum Gasteiger partial charge on any atom is 0.225 e. The molecule has 1 saturated heterocycles. The van der Waals surface area contributed by atoms with E-state index in [-0.39, 0.29) is 17.8 Å². The van der Waals surface area contributed by atoms with Crippen LogP contribution < -0.4 is 4.90 Å². The summed E-state index contributed by atoms with van der Waals surface area (Å²) in [6.07, 6.45) is 8.02. The summed E-state index contributed by atoms with van der Waals surface area (Å²) in [6, 6.07) is 6.41. The second-order valence-electron chi connectivity index (χ2n) is 8.76. The smallest absolute Gasteiger partial charge is 0.225 e. The molecule has 0 radical (unpaired) electrons. The van der Waals surface area contributed by atoms with Crippen molar-refractivity contribution in [2.24, 2.45) is 5.92 Å². The summed E-state index contributed by atoms with van der Waals surface area (Å²) in [5, 5.41) is 0. The molecule has 2 aliphatic rings. The van der Waals surface area contributed by atoms with Crippen LogP contribution in [0.1, 0.15) is 50.3 Å². The Morgan fingerprint density at radius 2 is 2.10 bits per heavy atom. The van der Waals surface area contributed by atoms with E-state index in [0.717, 1.165) is 12.0 Å².